The first-order valence-electron chi connectivity index (χ1n) is 6.30. The van der Waals surface area contributed by atoms with Crippen molar-refractivity contribution in [3.8, 4) is 0 Å². The van der Waals surface area contributed by atoms with Crippen LogP contribution in [-0.4, -0.2) is 21.3 Å². The van der Waals surface area contributed by atoms with Crippen LogP contribution in [0.25, 0.3) is 5.70 Å². The average molecular weight is 416 g/mol. The van der Waals surface area contributed by atoms with E-state index in [2.05, 4.69) is 20.7 Å². The van der Waals surface area contributed by atoms with Crippen molar-refractivity contribution in [1.82, 2.24) is 4.72 Å². The fraction of sp³-hybridized carbons (Fsp3) is 0.357. The molecule has 0 saturated carbocycles. The second-order valence-corrected chi connectivity index (χ2v) is 8.39. The van der Waals surface area contributed by atoms with Crippen LogP contribution in [0.1, 0.15) is 26.3 Å². The average Bonchev–Trinajstić information content (AvgIpc) is 2.40. The van der Waals surface area contributed by atoms with Crippen LogP contribution < -0.4 is 4.72 Å². The Kier molecular flexibility index (Phi) is 6.28. The third kappa shape index (κ3) is 5.50. The smallest absolute Gasteiger partial charge is 0.457 e. The van der Waals surface area contributed by atoms with Gasteiger partial charge >= 0.3 is 6.18 Å². The van der Waals surface area contributed by atoms with Crippen LogP contribution in [0, 0.1) is 0 Å². The minimum absolute atomic E-state index is 0.0351. The van der Waals surface area contributed by atoms with Crippen LogP contribution in [0.5, 0.6) is 0 Å². The number of allylic oxidation sites excluding steroid dienone is 1. The molecule has 0 aliphatic heterocycles. The van der Waals surface area contributed by atoms with Crippen LogP contribution in [-0.2, 0) is 16.2 Å². The van der Waals surface area contributed by atoms with Gasteiger partial charge in [-0.3, -0.25) is 4.79 Å². The molecule has 0 radical (unpaired) electrons. The molecule has 0 amide bonds. The number of rotatable bonds is 4. The van der Waals surface area contributed by atoms with E-state index in [4.69, 9.17) is 0 Å². The number of ketones is 1. The van der Waals surface area contributed by atoms with Gasteiger partial charge in [-0.05, 0) is 32.9 Å². The van der Waals surface area contributed by atoms with E-state index >= 15 is 0 Å². The number of benzene rings is 1. The van der Waals surface area contributed by atoms with Crippen molar-refractivity contribution in [2.45, 2.75) is 31.7 Å². The molecule has 0 aromatic heterocycles. The molecule has 1 rings (SSSR count). The Morgan fingerprint density at radius 2 is 1.83 bits per heavy atom. The molecular formula is C14H14BrF4NO2S. The summed E-state index contributed by atoms with van der Waals surface area (Å²) in [6.45, 7) is 4.66. The Morgan fingerprint density at radius 3 is 2.26 bits per heavy atom. The highest BCUT2D eigenvalue weighted by atomic mass is 79.9. The molecule has 1 atom stereocenters. The van der Waals surface area contributed by atoms with E-state index in [9.17, 15) is 26.9 Å². The minimum atomic E-state index is -5.37. The highest BCUT2D eigenvalue weighted by Crippen LogP contribution is 2.29. The molecule has 3 nitrogen and oxygen atoms in total. The maximum absolute atomic E-state index is 14.1. The van der Waals surface area contributed by atoms with Gasteiger partial charge in [0.25, 0.3) is 5.78 Å². The van der Waals surface area contributed by atoms with Gasteiger partial charge in [-0.15, -0.1) is 0 Å². The van der Waals surface area contributed by atoms with Gasteiger partial charge in [0.15, 0.2) is 0 Å². The Balaban J connectivity index is 3.40. The van der Waals surface area contributed by atoms with E-state index in [1.54, 1.807) is 26.8 Å². The maximum Gasteiger partial charge on any atom is 0.457 e. The Labute approximate surface area is 142 Å². The normalized spacial score (nSPS) is 15.0. The fourth-order valence-corrected chi connectivity index (χ4v) is 2.46. The zero-order chi connectivity index (χ0) is 18.0. The van der Waals surface area contributed by atoms with Crippen molar-refractivity contribution in [2.24, 2.45) is 0 Å². The van der Waals surface area contributed by atoms with Gasteiger partial charge in [-0.25, -0.2) is 9.11 Å². The second-order valence-electron chi connectivity index (χ2n) is 5.51. The summed E-state index contributed by atoms with van der Waals surface area (Å²) in [5.74, 6) is -4.67. The van der Waals surface area contributed by atoms with Crippen molar-refractivity contribution in [3.63, 3.8) is 0 Å². The molecule has 9 heteroatoms. The lowest BCUT2D eigenvalue weighted by molar-refractivity contribution is -0.168. The first-order chi connectivity index (χ1) is 10.3. The molecule has 23 heavy (non-hydrogen) atoms. The van der Waals surface area contributed by atoms with Crippen molar-refractivity contribution < 1.29 is 26.9 Å². The van der Waals surface area contributed by atoms with E-state index in [1.165, 1.54) is 18.2 Å². The highest BCUT2D eigenvalue weighted by molar-refractivity contribution is 9.10. The number of hydrogen-bond acceptors (Lipinski definition) is 3. The molecule has 0 heterocycles. The largest absolute Gasteiger partial charge is 0.593 e. The first-order valence-corrected chi connectivity index (χ1v) is 8.24. The zero-order valence-corrected chi connectivity index (χ0v) is 14.8. The molecular weight excluding hydrogens is 402 g/mol. The molecule has 1 aromatic rings. The molecule has 0 aliphatic carbocycles. The predicted octanol–water partition coefficient (Wildman–Crippen LogP) is 4.27. The predicted molar refractivity (Wildman–Crippen MR) is 84.3 cm³/mol. The molecule has 0 spiro atoms. The molecule has 0 bridgehead atoms. The summed E-state index contributed by atoms with van der Waals surface area (Å²) in [7, 11) is 0. The van der Waals surface area contributed by atoms with Crippen molar-refractivity contribution in [1.29, 1.82) is 0 Å². The topological polar surface area (TPSA) is 52.2 Å². The monoisotopic (exact) mass is 415 g/mol. The van der Waals surface area contributed by atoms with Crippen molar-refractivity contribution >= 4 is 38.8 Å². The Hall–Kier alpha value is -1.06. The number of carbonyl (C=O) groups is 1. The second kappa shape index (κ2) is 7.23. The van der Waals surface area contributed by atoms with Crippen molar-refractivity contribution in [2.75, 3.05) is 0 Å². The number of alkyl halides is 3. The highest BCUT2D eigenvalue weighted by Gasteiger charge is 2.43. The number of halogens is 5. The number of Topliss-reactive ketones (excluding diaryl/α,β-unsaturated/α-hetero) is 1. The summed E-state index contributed by atoms with van der Waals surface area (Å²) in [6.07, 6.45) is -5.37. The van der Waals surface area contributed by atoms with Gasteiger partial charge in [0.2, 0.25) is 5.83 Å². The third-order valence-corrected chi connectivity index (χ3v) is 4.54. The van der Waals surface area contributed by atoms with Gasteiger partial charge < -0.3 is 4.55 Å². The van der Waals surface area contributed by atoms with Gasteiger partial charge in [0.1, 0.15) is 10.4 Å². The molecule has 0 saturated heterocycles. The Bertz CT molecular complexity index is 626. The van der Waals surface area contributed by atoms with Crippen LogP contribution in [0.2, 0.25) is 0 Å². The molecule has 1 aromatic carbocycles. The number of nitrogens with one attached hydrogen (secondary N) is 1. The third-order valence-electron chi connectivity index (χ3n) is 2.54. The lowest BCUT2D eigenvalue weighted by Gasteiger charge is -2.25. The summed E-state index contributed by atoms with van der Waals surface area (Å²) in [5.41, 5.74) is -0.797. The van der Waals surface area contributed by atoms with Gasteiger partial charge in [0, 0.05) is 10.0 Å². The van der Waals surface area contributed by atoms with E-state index < -0.39 is 39.6 Å². The standard InChI is InChI=1S/C14H14BrF4NO2S/c1-13(2,3)23(22)20-11(8-5-4-6-9(15)7-8)10(16)12(21)14(17,18)19/h4-7,20H,1-3H3/b11-10+. The SMILES string of the molecule is CC(C)(C)[S+]([O-])N/C(=C(/F)C(=O)C(F)(F)F)c1cccc(Br)c1. The van der Waals surface area contributed by atoms with Gasteiger partial charge in [-0.1, -0.05) is 28.1 Å². The van der Waals surface area contributed by atoms with Gasteiger partial charge in [-0.2, -0.15) is 13.2 Å². The van der Waals surface area contributed by atoms with E-state index in [1.807, 2.05) is 0 Å². The minimum Gasteiger partial charge on any atom is -0.593 e. The summed E-state index contributed by atoms with van der Waals surface area (Å²) < 4.78 is 65.5. The summed E-state index contributed by atoms with van der Waals surface area (Å²) in [5, 5.41) is 0. The summed E-state index contributed by atoms with van der Waals surface area (Å²) in [6, 6.07) is 5.64. The molecule has 1 unspecified atom stereocenters. The molecule has 0 aliphatic rings. The van der Waals surface area contributed by atoms with E-state index in [-0.39, 0.29) is 5.56 Å². The maximum atomic E-state index is 14.1. The van der Waals surface area contributed by atoms with E-state index in [0.29, 0.717) is 4.47 Å². The van der Waals surface area contributed by atoms with Crippen molar-refractivity contribution in [3.05, 3.63) is 40.1 Å². The quantitative estimate of drug-likeness (QED) is 0.453. The summed E-state index contributed by atoms with van der Waals surface area (Å²) >= 11 is 1.18. The van der Waals surface area contributed by atoms with E-state index in [0.717, 1.165) is 0 Å². The zero-order valence-electron chi connectivity index (χ0n) is 12.4. The van der Waals surface area contributed by atoms with Gasteiger partial charge in [0.05, 0.1) is 11.4 Å². The molecule has 1 N–H and O–H groups in total. The van der Waals surface area contributed by atoms with Crippen LogP contribution in [0.15, 0.2) is 34.6 Å². The van der Waals surface area contributed by atoms with Crippen LogP contribution in [0.4, 0.5) is 17.6 Å². The summed E-state index contributed by atoms with van der Waals surface area (Å²) in [4.78, 5) is 11.2. The Morgan fingerprint density at radius 1 is 1.26 bits per heavy atom. The number of carbonyl (C=O) groups excluding carboxylic acids is 1. The lowest BCUT2D eigenvalue weighted by atomic mass is 10.1. The number of hydrogen-bond donors (Lipinski definition) is 1. The van der Waals surface area contributed by atoms with Crippen LogP contribution >= 0.6 is 15.9 Å². The lowest BCUT2D eigenvalue weighted by Crippen LogP contribution is -2.39. The first kappa shape index (κ1) is 20.0. The molecule has 0 fully saturated rings. The van der Waals surface area contributed by atoms with Crippen LogP contribution in [0.3, 0.4) is 0 Å². The fourth-order valence-electron chi connectivity index (χ4n) is 1.36. The molecule has 128 valence electrons.